The Bertz CT molecular complexity index is 1060. The van der Waals surface area contributed by atoms with Crippen LogP contribution in [0.1, 0.15) is 17.5 Å². The van der Waals surface area contributed by atoms with Crippen LogP contribution >= 0.6 is 0 Å². The summed E-state index contributed by atoms with van der Waals surface area (Å²) < 4.78 is 35.8. The number of aryl methyl sites for hydroxylation is 1. The van der Waals surface area contributed by atoms with Crippen molar-refractivity contribution in [2.24, 2.45) is 0 Å². The molecule has 0 atom stereocenters. The van der Waals surface area contributed by atoms with E-state index in [1.54, 1.807) is 36.4 Å². The summed E-state index contributed by atoms with van der Waals surface area (Å²) in [6, 6.07) is 23.1. The standard InChI is InChI=1S/C23H22O5S/c1-18-11-13-21(14-12-18)29(25,26)16-15-23(24)27-17-19-7-5-6-10-22(19)28-20-8-3-2-4-9-20/h2-14H,15-17H2,1H3. The first-order chi connectivity index (χ1) is 13.9. The van der Waals surface area contributed by atoms with E-state index in [4.69, 9.17) is 9.47 Å². The van der Waals surface area contributed by atoms with Crippen LogP contribution in [0.3, 0.4) is 0 Å². The van der Waals surface area contributed by atoms with Gasteiger partial charge in [-0.05, 0) is 37.3 Å². The summed E-state index contributed by atoms with van der Waals surface area (Å²) in [6.45, 7) is 1.89. The highest BCUT2D eigenvalue weighted by atomic mass is 32.2. The number of carbonyl (C=O) groups is 1. The number of para-hydroxylation sites is 2. The molecule has 0 amide bonds. The van der Waals surface area contributed by atoms with E-state index in [9.17, 15) is 13.2 Å². The largest absolute Gasteiger partial charge is 0.461 e. The van der Waals surface area contributed by atoms with Crippen molar-refractivity contribution in [2.75, 3.05) is 5.75 Å². The van der Waals surface area contributed by atoms with Crippen LogP contribution in [0.5, 0.6) is 11.5 Å². The number of esters is 1. The minimum Gasteiger partial charge on any atom is -0.461 e. The molecule has 29 heavy (non-hydrogen) atoms. The first-order valence-electron chi connectivity index (χ1n) is 9.20. The fourth-order valence-electron chi connectivity index (χ4n) is 2.65. The number of hydrogen-bond donors (Lipinski definition) is 0. The third-order valence-electron chi connectivity index (χ3n) is 4.29. The quantitative estimate of drug-likeness (QED) is 0.504. The zero-order valence-electron chi connectivity index (χ0n) is 16.1. The lowest BCUT2D eigenvalue weighted by Gasteiger charge is -2.11. The molecule has 0 unspecified atom stereocenters. The van der Waals surface area contributed by atoms with Gasteiger partial charge < -0.3 is 9.47 Å². The molecule has 150 valence electrons. The predicted octanol–water partition coefficient (Wildman–Crippen LogP) is 4.69. The van der Waals surface area contributed by atoms with Gasteiger partial charge in [0.05, 0.1) is 17.1 Å². The van der Waals surface area contributed by atoms with E-state index in [0.29, 0.717) is 17.1 Å². The number of carbonyl (C=O) groups excluding carboxylic acids is 1. The summed E-state index contributed by atoms with van der Waals surface area (Å²) in [5, 5.41) is 0. The normalized spacial score (nSPS) is 11.1. The zero-order valence-corrected chi connectivity index (χ0v) is 16.9. The fourth-order valence-corrected chi connectivity index (χ4v) is 3.87. The third-order valence-corrected chi connectivity index (χ3v) is 6.02. The molecule has 3 aromatic rings. The van der Waals surface area contributed by atoms with E-state index < -0.39 is 15.8 Å². The van der Waals surface area contributed by atoms with Crippen molar-refractivity contribution < 1.29 is 22.7 Å². The number of hydrogen-bond acceptors (Lipinski definition) is 5. The predicted molar refractivity (Wildman–Crippen MR) is 111 cm³/mol. The van der Waals surface area contributed by atoms with Crippen molar-refractivity contribution in [3.05, 3.63) is 90.0 Å². The molecule has 6 heteroatoms. The molecule has 0 bridgehead atoms. The molecule has 0 N–H and O–H groups in total. The van der Waals surface area contributed by atoms with Gasteiger partial charge in [-0.15, -0.1) is 0 Å². The van der Waals surface area contributed by atoms with Crippen LogP contribution < -0.4 is 4.74 Å². The molecule has 0 aliphatic carbocycles. The van der Waals surface area contributed by atoms with Crippen LogP contribution in [-0.4, -0.2) is 20.1 Å². The molecule has 0 aliphatic heterocycles. The van der Waals surface area contributed by atoms with Crippen LogP contribution in [0, 0.1) is 6.92 Å². The lowest BCUT2D eigenvalue weighted by molar-refractivity contribution is -0.144. The van der Waals surface area contributed by atoms with Gasteiger partial charge in [0.1, 0.15) is 18.1 Å². The van der Waals surface area contributed by atoms with Gasteiger partial charge in [0.2, 0.25) is 0 Å². The second-order valence-electron chi connectivity index (χ2n) is 6.57. The summed E-state index contributed by atoms with van der Waals surface area (Å²) in [4.78, 5) is 12.3. The second kappa shape index (κ2) is 9.39. The van der Waals surface area contributed by atoms with Crippen molar-refractivity contribution in [1.82, 2.24) is 0 Å². The average molecular weight is 410 g/mol. The third kappa shape index (κ3) is 5.93. The van der Waals surface area contributed by atoms with Crippen molar-refractivity contribution >= 4 is 15.8 Å². The summed E-state index contributed by atoms with van der Waals surface area (Å²) in [6.07, 6.45) is -0.210. The van der Waals surface area contributed by atoms with Crippen LogP contribution in [0.2, 0.25) is 0 Å². The molecular formula is C23H22O5S. The summed E-state index contributed by atoms with van der Waals surface area (Å²) in [5.74, 6) is 0.390. The van der Waals surface area contributed by atoms with Crippen LogP contribution in [-0.2, 0) is 26.0 Å². The van der Waals surface area contributed by atoms with Crippen LogP contribution in [0.25, 0.3) is 0 Å². The molecule has 0 saturated carbocycles. The van der Waals surface area contributed by atoms with Crippen LogP contribution in [0.15, 0.2) is 83.8 Å². The second-order valence-corrected chi connectivity index (χ2v) is 8.67. The van der Waals surface area contributed by atoms with E-state index in [2.05, 4.69) is 0 Å². The Hall–Kier alpha value is -3.12. The molecule has 0 aromatic heterocycles. The SMILES string of the molecule is Cc1ccc(S(=O)(=O)CCC(=O)OCc2ccccc2Oc2ccccc2)cc1. The van der Waals surface area contributed by atoms with E-state index in [-0.39, 0.29) is 23.7 Å². The molecule has 0 aliphatic rings. The topological polar surface area (TPSA) is 69.7 Å². The molecule has 0 saturated heterocycles. The summed E-state index contributed by atoms with van der Waals surface area (Å²) >= 11 is 0. The maximum Gasteiger partial charge on any atom is 0.307 e. The van der Waals surface area contributed by atoms with Crippen LogP contribution in [0.4, 0.5) is 0 Å². The van der Waals surface area contributed by atoms with Crippen molar-refractivity contribution in [1.29, 1.82) is 0 Å². The first-order valence-corrected chi connectivity index (χ1v) is 10.9. The lowest BCUT2D eigenvalue weighted by Crippen LogP contribution is -2.13. The number of ether oxygens (including phenoxy) is 2. The van der Waals surface area contributed by atoms with E-state index in [1.165, 1.54) is 0 Å². The molecule has 3 rings (SSSR count). The monoisotopic (exact) mass is 410 g/mol. The molecule has 0 spiro atoms. The van der Waals surface area contributed by atoms with Gasteiger partial charge in [-0.3, -0.25) is 4.79 Å². The van der Waals surface area contributed by atoms with E-state index in [0.717, 1.165) is 5.56 Å². The number of sulfone groups is 1. The van der Waals surface area contributed by atoms with Crippen molar-refractivity contribution in [3.8, 4) is 11.5 Å². The Morgan fingerprint density at radius 1 is 0.862 bits per heavy atom. The highest BCUT2D eigenvalue weighted by Crippen LogP contribution is 2.25. The van der Waals surface area contributed by atoms with Gasteiger partial charge in [-0.25, -0.2) is 8.42 Å². The summed E-state index contributed by atoms with van der Waals surface area (Å²) in [7, 11) is -3.53. The van der Waals surface area contributed by atoms with Gasteiger partial charge in [0, 0.05) is 5.56 Å². The lowest BCUT2D eigenvalue weighted by atomic mass is 10.2. The Morgan fingerprint density at radius 3 is 2.24 bits per heavy atom. The Kier molecular flexibility index (Phi) is 6.67. The Morgan fingerprint density at radius 2 is 1.52 bits per heavy atom. The smallest absolute Gasteiger partial charge is 0.307 e. The van der Waals surface area contributed by atoms with Crippen molar-refractivity contribution in [2.45, 2.75) is 24.8 Å². The van der Waals surface area contributed by atoms with Crippen molar-refractivity contribution in [3.63, 3.8) is 0 Å². The highest BCUT2D eigenvalue weighted by molar-refractivity contribution is 7.91. The van der Waals surface area contributed by atoms with Gasteiger partial charge >= 0.3 is 5.97 Å². The number of rotatable bonds is 8. The minimum atomic E-state index is -3.53. The fraction of sp³-hybridized carbons (Fsp3) is 0.174. The average Bonchev–Trinajstić information content (AvgIpc) is 2.73. The van der Waals surface area contributed by atoms with Gasteiger partial charge in [-0.1, -0.05) is 54.1 Å². The molecule has 0 heterocycles. The Balaban J connectivity index is 1.56. The summed E-state index contributed by atoms with van der Waals surface area (Å²) in [5.41, 5.74) is 1.67. The molecule has 0 fully saturated rings. The maximum absolute atomic E-state index is 12.4. The molecule has 5 nitrogen and oxygen atoms in total. The highest BCUT2D eigenvalue weighted by Gasteiger charge is 2.17. The minimum absolute atomic E-state index is 0.00637. The molecular weight excluding hydrogens is 388 g/mol. The van der Waals surface area contributed by atoms with Gasteiger partial charge in [0.25, 0.3) is 0 Å². The van der Waals surface area contributed by atoms with Gasteiger partial charge in [-0.2, -0.15) is 0 Å². The van der Waals surface area contributed by atoms with Gasteiger partial charge in [0.15, 0.2) is 9.84 Å². The Labute approximate surface area is 170 Å². The van der Waals surface area contributed by atoms with E-state index in [1.807, 2.05) is 49.4 Å². The first kappa shape index (κ1) is 20.6. The number of benzene rings is 3. The van der Waals surface area contributed by atoms with E-state index >= 15 is 0 Å². The molecule has 0 radical (unpaired) electrons. The zero-order chi connectivity index (χ0) is 20.7. The molecule has 3 aromatic carbocycles. The maximum atomic E-state index is 12.4.